The Labute approximate surface area is 173 Å². The summed E-state index contributed by atoms with van der Waals surface area (Å²) in [5.41, 5.74) is 2.07. The molecule has 0 aromatic carbocycles. The zero-order valence-corrected chi connectivity index (χ0v) is 18.2. The minimum atomic E-state index is -0.420. The fourth-order valence-corrected chi connectivity index (χ4v) is 3.91. The van der Waals surface area contributed by atoms with Crippen LogP contribution < -0.4 is 5.32 Å². The fraction of sp³-hybridized carbons (Fsp3) is 0.682. The summed E-state index contributed by atoms with van der Waals surface area (Å²) in [6.07, 6.45) is 6.06. The number of nitrogens with zero attached hydrogens (tertiary/aromatic N) is 1. The third-order valence-electron chi connectivity index (χ3n) is 5.54. The van der Waals surface area contributed by atoms with Crippen molar-refractivity contribution in [2.75, 3.05) is 26.2 Å². The first-order chi connectivity index (χ1) is 13.9. The van der Waals surface area contributed by atoms with Crippen LogP contribution in [-0.4, -0.2) is 53.9 Å². The molecule has 162 valence electrons. The van der Waals surface area contributed by atoms with E-state index in [0.717, 1.165) is 25.7 Å². The first kappa shape index (κ1) is 23.0. The smallest absolute Gasteiger partial charge is 0.340 e. The summed E-state index contributed by atoms with van der Waals surface area (Å²) in [6.45, 7) is 9.44. The Kier molecular flexibility index (Phi) is 8.73. The summed E-state index contributed by atoms with van der Waals surface area (Å²) in [5.74, 6) is -0.733. The van der Waals surface area contributed by atoms with Crippen LogP contribution >= 0.6 is 0 Å². The van der Waals surface area contributed by atoms with E-state index in [-0.39, 0.29) is 24.3 Å². The Hall–Kier alpha value is -2.31. The van der Waals surface area contributed by atoms with Crippen LogP contribution in [-0.2, 0) is 9.53 Å². The number of aromatic nitrogens is 1. The summed E-state index contributed by atoms with van der Waals surface area (Å²) in [7, 11) is 0. The highest BCUT2D eigenvalue weighted by atomic mass is 16.5. The first-order valence-electron chi connectivity index (χ1n) is 10.8. The molecule has 1 aliphatic heterocycles. The van der Waals surface area contributed by atoms with Crippen molar-refractivity contribution in [1.29, 1.82) is 0 Å². The lowest BCUT2D eigenvalue weighted by Gasteiger charge is -2.32. The lowest BCUT2D eigenvalue weighted by Crippen LogP contribution is -2.45. The van der Waals surface area contributed by atoms with Crippen LogP contribution in [0.1, 0.15) is 84.5 Å². The average molecular weight is 406 g/mol. The van der Waals surface area contributed by atoms with Crippen molar-refractivity contribution in [3.63, 3.8) is 0 Å². The Morgan fingerprint density at radius 1 is 1.17 bits per heavy atom. The van der Waals surface area contributed by atoms with Gasteiger partial charge in [0, 0.05) is 25.3 Å². The van der Waals surface area contributed by atoms with E-state index in [0.29, 0.717) is 42.1 Å². The molecule has 1 aliphatic rings. The molecular weight excluding hydrogens is 370 g/mol. The molecule has 0 saturated carbocycles. The number of likely N-dealkylation sites (tertiary alicyclic amines) is 1. The van der Waals surface area contributed by atoms with E-state index in [1.807, 2.05) is 0 Å². The number of carbonyl (C=O) groups is 3. The van der Waals surface area contributed by atoms with E-state index in [4.69, 9.17) is 4.74 Å². The summed E-state index contributed by atoms with van der Waals surface area (Å²) in [4.78, 5) is 42.5. The summed E-state index contributed by atoms with van der Waals surface area (Å²) < 4.78 is 5.10. The fourth-order valence-electron chi connectivity index (χ4n) is 3.91. The second-order valence-electron chi connectivity index (χ2n) is 7.79. The molecule has 2 heterocycles. The number of ether oxygens (including phenoxy) is 1. The second kappa shape index (κ2) is 11.0. The monoisotopic (exact) mass is 405 g/mol. The number of nitrogens with one attached hydrogen (secondary N) is 2. The molecule has 1 atom stereocenters. The van der Waals surface area contributed by atoms with Crippen LogP contribution in [0.25, 0.3) is 0 Å². The van der Waals surface area contributed by atoms with Gasteiger partial charge >= 0.3 is 5.97 Å². The van der Waals surface area contributed by atoms with E-state index in [1.54, 1.807) is 25.7 Å². The van der Waals surface area contributed by atoms with Gasteiger partial charge in [0.15, 0.2) is 0 Å². The number of hydrogen-bond acceptors (Lipinski definition) is 4. The number of esters is 1. The minimum absolute atomic E-state index is 0.0330. The van der Waals surface area contributed by atoms with E-state index in [2.05, 4.69) is 17.2 Å². The largest absolute Gasteiger partial charge is 0.462 e. The predicted molar refractivity (Wildman–Crippen MR) is 112 cm³/mol. The van der Waals surface area contributed by atoms with Crippen molar-refractivity contribution >= 4 is 17.8 Å². The average Bonchev–Trinajstić information content (AvgIpc) is 3.01. The van der Waals surface area contributed by atoms with Crippen molar-refractivity contribution < 1.29 is 19.1 Å². The molecule has 7 nitrogen and oxygen atoms in total. The molecule has 0 radical (unpaired) electrons. The molecule has 0 bridgehead atoms. The van der Waals surface area contributed by atoms with Crippen LogP contribution in [0.5, 0.6) is 0 Å². The standard InChI is InChI=1S/C22H35N3O4/c1-5-7-8-9-12-23-20(26)17-11-10-13-25(14-17)21(27)19-15(3)18(16(4)24-19)22(28)29-6-2/h17,24H,5-14H2,1-4H3,(H,23,26). The van der Waals surface area contributed by atoms with Gasteiger partial charge in [-0.2, -0.15) is 0 Å². The van der Waals surface area contributed by atoms with Crippen LogP contribution in [0.15, 0.2) is 0 Å². The molecule has 0 spiro atoms. The van der Waals surface area contributed by atoms with E-state index >= 15 is 0 Å². The molecule has 2 rings (SSSR count). The Bertz CT molecular complexity index is 726. The third kappa shape index (κ3) is 5.84. The van der Waals surface area contributed by atoms with Crippen LogP contribution in [0.3, 0.4) is 0 Å². The number of amides is 2. The number of unbranched alkanes of at least 4 members (excludes halogenated alkanes) is 3. The van der Waals surface area contributed by atoms with Gasteiger partial charge in [0.2, 0.25) is 5.91 Å². The van der Waals surface area contributed by atoms with Crippen molar-refractivity contribution in [2.45, 2.75) is 66.2 Å². The Balaban J connectivity index is 2.00. The molecule has 1 fully saturated rings. The highest BCUT2D eigenvalue weighted by Crippen LogP contribution is 2.23. The van der Waals surface area contributed by atoms with E-state index in [1.165, 1.54) is 12.8 Å². The van der Waals surface area contributed by atoms with Gasteiger partial charge in [-0.3, -0.25) is 9.59 Å². The van der Waals surface area contributed by atoms with Crippen molar-refractivity contribution in [1.82, 2.24) is 15.2 Å². The van der Waals surface area contributed by atoms with E-state index in [9.17, 15) is 14.4 Å². The van der Waals surface area contributed by atoms with Crippen molar-refractivity contribution in [3.8, 4) is 0 Å². The van der Waals surface area contributed by atoms with Crippen molar-refractivity contribution in [2.24, 2.45) is 5.92 Å². The second-order valence-corrected chi connectivity index (χ2v) is 7.79. The number of piperidine rings is 1. The number of hydrogen-bond donors (Lipinski definition) is 2. The maximum atomic E-state index is 13.1. The van der Waals surface area contributed by atoms with Gasteiger partial charge in [-0.25, -0.2) is 4.79 Å². The number of rotatable bonds is 9. The molecule has 1 unspecified atom stereocenters. The van der Waals surface area contributed by atoms with Crippen molar-refractivity contribution in [3.05, 3.63) is 22.5 Å². The molecule has 1 aromatic rings. The highest BCUT2D eigenvalue weighted by Gasteiger charge is 2.31. The summed E-state index contributed by atoms with van der Waals surface area (Å²) in [5, 5.41) is 3.02. The first-order valence-corrected chi connectivity index (χ1v) is 10.8. The molecular formula is C22H35N3O4. The van der Waals surface area contributed by atoms with E-state index < -0.39 is 5.97 Å². The molecule has 0 aliphatic carbocycles. The van der Waals surface area contributed by atoms with Gasteiger partial charge in [0.05, 0.1) is 18.1 Å². The molecule has 2 N–H and O–H groups in total. The summed E-state index contributed by atoms with van der Waals surface area (Å²) in [6, 6.07) is 0. The van der Waals surface area contributed by atoms with Gasteiger partial charge in [-0.1, -0.05) is 26.2 Å². The SMILES string of the molecule is CCCCCCNC(=O)C1CCCN(C(=O)c2[nH]c(C)c(C(=O)OCC)c2C)C1. The number of aromatic amines is 1. The zero-order valence-electron chi connectivity index (χ0n) is 18.2. The van der Waals surface area contributed by atoms with Gasteiger partial charge in [0.1, 0.15) is 5.69 Å². The van der Waals surface area contributed by atoms with Crippen LogP contribution in [0.4, 0.5) is 0 Å². The lowest BCUT2D eigenvalue weighted by molar-refractivity contribution is -0.126. The molecule has 1 aromatic heterocycles. The van der Waals surface area contributed by atoms with Crippen LogP contribution in [0.2, 0.25) is 0 Å². The number of aryl methyl sites for hydroxylation is 1. The zero-order chi connectivity index (χ0) is 21.4. The Morgan fingerprint density at radius 3 is 2.62 bits per heavy atom. The number of H-pyrrole nitrogens is 1. The predicted octanol–water partition coefficient (Wildman–Crippen LogP) is 3.36. The topological polar surface area (TPSA) is 91.5 Å². The lowest BCUT2D eigenvalue weighted by atomic mass is 9.96. The van der Waals surface area contributed by atoms with Gasteiger partial charge in [0.25, 0.3) is 5.91 Å². The maximum Gasteiger partial charge on any atom is 0.340 e. The van der Waals surface area contributed by atoms with Gasteiger partial charge in [-0.15, -0.1) is 0 Å². The third-order valence-corrected chi connectivity index (χ3v) is 5.54. The van der Waals surface area contributed by atoms with Crippen LogP contribution in [0, 0.1) is 19.8 Å². The molecule has 2 amide bonds. The Morgan fingerprint density at radius 2 is 1.93 bits per heavy atom. The normalized spacial score (nSPS) is 16.6. The van der Waals surface area contributed by atoms with Gasteiger partial charge < -0.3 is 19.9 Å². The maximum absolute atomic E-state index is 13.1. The molecule has 1 saturated heterocycles. The highest BCUT2D eigenvalue weighted by molar-refractivity contribution is 6.00. The summed E-state index contributed by atoms with van der Waals surface area (Å²) >= 11 is 0. The van der Waals surface area contributed by atoms with Gasteiger partial charge in [-0.05, 0) is 45.6 Å². The molecule has 29 heavy (non-hydrogen) atoms. The minimum Gasteiger partial charge on any atom is -0.462 e. The number of carbonyl (C=O) groups excluding carboxylic acids is 3. The molecule has 7 heteroatoms. The quantitative estimate of drug-likeness (QED) is 0.487.